The number of fused-ring (bicyclic) bond motifs is 7. The molecule has 4 saturated carbocycles. The summed E-state index contributed by atoms with van der Waals surface area (Å²) < 4.78 is 60.2. The first-order valence-electron chi connectivity index (χ1n) is 30.8. The Hall–Kier alpha value is -3.02. The lowest BCUT2D eigenvalue weighted by atomic mass is 9.33. The zero-order chi connectivity index (χ0) is 64.9. The average molecular weight is 1260 g/mol. The van der Waals surface area contributed by atoms with Crippen LogP contribution in [0.1, 0.15) is 114 Å². The number of rotatable bonds is 17. The van der Waals surface area contributed by atoms with Crippen LogP contribution in [0.15, 0.2) is 11.6 Å². The fourth-order valence-electron chi connectivity index (χ4n) is 17.5. The number of aliphatic hydroxyl groups excluding tert-OH is 13. The quantitative estimate of drug-likeness (QED) is 0.0308. The van der Waals surface area contributed by atoms with Crippen LogP contribution in [0.25, 0.3) is 0 Å². The predicted octanol–water partition coefficient (Wildman–Crippen LogP) is -2.57. The smallest absolute Gasteiger partial charge is 0.335 e. The molecule has 5 aliphatic carbocycles. The van der Waals surface area contributed by atoms with Gasteiger partial charge < -0.3 is 124 Å². The number of carbonyl (C=O) groups is 4. The molecule has 9 aliphatic rings. The van der Waals surface area contributed by atoms with Crippen molar-refractivity contribution in [3.05, 3.63) is 11.6 Å². The fraction of sp³-hybridized carbons (Fsp3) is 0.900. The summed E-state index contributed by atoms with van der Waals surface area (Å²) in [5.74, 6) is -4.19. The number of esters is 2. The number of aliphatic hydroxyl groups is 13. The van der Waals surface area contributed by atoms with Crippen LogP contribution < -0.4 is 0 Å². The predicted molar refractivity (Wildman–Crippen MR) is 295 cm³/mol. The summed E-state index contributed by atoms with van der Waals surface area (Å²) in [7, 11) is 0. The molecule has 31 atom stereocenters. The highest BCUT2D eigenvalue weighted by atomic mass is 16.8. The van der Waals surface area contributed by atoms with E-state index in [4.69, 9.17) is 47.4 Å². The van der Waals surface area contributed by atoms with Crippen LogP contribution in [0.4, 0.5) is 0 Å². The minimum atomic E-state index is -2.34. The van der Waals surface area contributed by atoms with Crippen LogP contribution in [0.5, 0.6) is 0 Å². The lowest BCUT2D eigenvalue weighted by Gasteiger charge is -2.72. The van der Waals surface area contributed by atoms with Crippen LogP contribution in [0, 0.1) is 56.2 Å². The number of carboxylic acid groups (broad SMARTS) is 1. The van der Waals surface area contributed by atoms with Gasteiger partial charge in [0.1, 0.15) is 104 Å². The standard InChI is InChI=1S/C60H94O28/c1-24(2)16-35(68)84-48-49(80-25(3)65)60(23-64)27(17-55(48,4)5)26-10-11-32-56(6)14-13-34(57(7,22-63)31(56)12-15-58(32,8)59(26,9)18-33(60)67)83-54-47(88-52-41(74)39(72)37(70)29(19-61)81-52)45(42(75)46(87-54)50(77)78)86-53-43(76)44(38(71)30(20-62)82-53)85-51-40(73)36(69)28(66)21-79-51/h10,22,24,27-34,36-49,51-54,61-62,64,66-67,69-76H,11-21,23H2,1-9H3,(H,77,78)/t27?,28-,29+,30+,31?,32?,33+,34-,36-,37-,38-,39-,40+,41+,42-,43+,44-,45-,46-,47+,48-,49-,51-,52-,53-,54+,56-,57-,58+,59+,60-/m0/s1. The maximum absolute atomic E-state index is 14.2. The number of hydrogen-bond acceptors (Lipinski definition) is 27. The summed E-state index contributed by atoms with van der Waals surface area (Å²) >= 11 is 0. The van der Waals surface area contributed by atoms with Crippen molar-refractivity contribution in [1.29, 1.82) is 0 Å². The normalized spacial score (nSPS) is 50.9. The van der Waals surface area contributed by atoms with E-state index in [2.05, 4.69) is 26.8 Å². The van der Waals surface area contributed by atoms with Gasteiger partial charge in [0.2, 0.25) is 0 Å². The van der Waals surface area contributed by atoms with Crippen molar-refractivity contribution >= 4 is 24.2 Å². The Morgan fingerprint density at radius 3 is 1.88 bits per heavy atom. The van der Waals surface area contributed by atoms with Gasteiger partial charge in [-0.2, -0.15) is 0 Å². The van der Waals surface area contributed by atoms with Crippen LogP contribution in [-0.4, -0.2) is 263 Å². The highest BCUT2D eigenvalue weighted by Gasteiger charge is 2.74. The third-order valence-corrected chi connectivity index (χ3v) is 22.4. The molecule has 4 aliphatic heterocycles. The van der Waals surface area contributed by atoms with Gasteiger partial charge in [0.15, 0.2) is 31.3 Å². The van der Waals surface area contributed by atoms with E-state index in [0.29, 0.717) is 32.1 Å². The molecule has 14 N–H and O–H groups in total. The van der Waals surface area contributed by atoms with E-state index in [1.54, 1.807) is 6.92 Å². The van der Waals surface area contributed by atoms with E-state index >= 15 is 0 Å². The zero-order valence-corrected chi connectivity index (χ0v) is 51.2. The molecule has 4 saturated heterocycles. The van der Waals surface area contributed by atoms with Gasteiger partial charge in [0, 0.05) is 18.8 Å². The third kappa shape index (κ3) is 11.5. The molecule has 0 radical (unpaired) electrons. The van der Waals surface area contributed by atoms with E-state index in [9.17, 15) is 90.7 Å². The van der Waals surface area contributed by atoms with Crippen molar-refractivity contribution in [2.24, 2.45) is 56.2 Å². The Kier molecular flexibility index (Phi) is 20.3. The molecule has 0 spiro atoms. The molecule has 9 rings (SSSR count). The minimum Gasteiger partial charge on any atom is -0.479 e. The van der Waals surface area contributed by atoms with Gasteiger partial charge in [0.05, 0.1) is 49.5 Å². The maximum atomic E-state index is 14.2. The summed E-state index contributed by atoms with van der Waals surface area (Å²) in [4.78, 5) is 53.8. The number of aliphatic carboxylic acids is 1. The summed E-state index contributed by atoms with van der Waals surface area (Å²) in [5, 5.41) is 155. The first-order valence-corrected chi connectivity index (χ1v) is 30.8. The molecule has 502 valence electrons. The van der Waals surface area contributed by atoms with Crippen LogP contribution in [-0.2, 0) is 66.5 Å². The van der Waals surface area contributed by atoms with Gasteiger partial charge in [0.25, 0.3) is 0 Å². The average Bonchev–Trinajstić information content (AvgIpc) is 0.686. The Bertz CT molecular complexity index is 2540. The van der Waals surface area contributed by atoms with Gasteiger partial charge in [-0.1, -0.05) is 67.0 Å². The van der Waals surface area contributed by atoms with Gasteiger partial charge in [-0.25, -0.2) is 4.79 Å². The summed E-state index contributed by atoms with van der Waals surface area (Å²) in [6, 6.07) is 0. The Labute approximate surface area is 509 Å². The van der Waals surface area contributed by atoms with E-state index in [1.165, 1.54) is 6.92 Å². The van der Waals surface area contributed by atoms with Crippen LogP contribution >= 0.6 is 0 Å². The molecule has 0 amide bonds. The van der Waals surface area contributed by atoms with E-state index in [0.717, 1.165) is 11.9 Å². The fourth-order valence-corrected chi connectivity index (χ4v) is 17.5. The Balaban J connectivity index is 1.04. The van der Waals surface area contributed by atoms with Crippen molar-refractivity contribution in [3.63, 3.8) is 0 Å². The molecular formula is C60H94O28. The number of carbonyl (C=O) groups excluding carboxylic acids is 3. The molecule has 28 nitrogen and oxygen atoms in total. The van der Waals surface area contributed by atoms with Crippen LogP contribution in [0.2, 0.25) is 0 Å². The molecule has 88 heavy (non-hydrogen) atoms. The van der Waals surface area contributed by atoms with E-state index in [1.807, 2.05) is 27.7 Å². The Morgan fingerprint density at radius 1 is 0.659 bits per heavy atom. The molecule has 0 aromatic rings. The molecule has 8 fully saturated rings. The number of hydrogen-bond donors (Lipinski definition) is 14. The van der Waals surface area contributed by atoms with Gasteiger partial charge in [-0.05, 0) is 84.9 Å². The number of carboxylic acids is 1. The molecule has 0 bridgehead atoms. The Morgan fingerprint density at radius 2 is 1.27 bits per heavy atom. The summed E-state index contributed by atoms with van der Waals surface area (Å²) in [5.41, 5.74) is -4.76. The highest BCUT2D eigenvalue weighted by molar-refractivity contribution is 5.73. The SMILES string of the molecule is CC(=O)O[C@H]1[C@H](OC(=O)CC(C)C)C(C)(C)CC2C3=CCC4[C@@]5(C)CC[C@H](O[C@@H]6O[C@H](C(=O)O)[C@@H](O)[C@H](O[C@@H]7O[C@H](CO)[C@H](O)[C@H](O[C@@H]8OC[C@H](O)[C@H](O)[C@H]8O)[C@H]7O)[C@H]6O[C@@H]6O[C@H](CO)[C@H](O)[C@H](O)[C@H]6O)[C@@](C)(C=O)C5CC[C@@]4(C)[C@]3(C)C[C@@H](O)[C@]21CO. The third-order valence-electron chi connectivity index (χ3n) is 22.4. The minimum absolute atomic E-state index is 0.0361. The second-order valence-electron chi connectivity index (χ2n) is 28.4. The summed E-state index contributed by atoms with van der Waals surface area (Å²) in [6.07, 6.45) is -36.8. The first kappa shape index (κ1) is 69.3. The monoisotopic (exact) mass is 1260 g/mol. The highest BCUT2D eigenvalue weighted by Crippen LogP contribution is 2.76. The second-order valence-corrected chi connectivity index (χ2v) is 28.4. The van der Waals surface area contributed by atoms with Crippen molar-refractivity contribution < 1.29 is 138 Å². The van der Waals surface area contributed by atoms with Crippen molar-refractivity contribution in [1.82, 2.24) is 0 Å². The number of aldehydes is 1. The number of allylic oxidation sites excluding steroid dienone is 2. The zero-order valence-electron chi connectivity index (χ0n) is 51.2. The molecule has 0 aromatic heterocycles. The molecule has 3 unspecified atom stereocenters. The molecule has 4 heterocycles. The lowest BCUT2D eigenvalue weighted by molar-refractivity contribution is -0.400. The maximum Gasteiger partial charge on any atom is 0.335 e. The first-order chi connectivity index (χ1) is 41.1. The van der Waals surface area contributed by atoms with Crippen LogP contribution in [0.3, 0.4) is 0 Å². The van der Waals surface area contributed by atoms with Gasteiger partial charge in [-0.15, -0.1) is 0 Å². The number of ether oxygens (including phenoxy) is 10. The summed E-state index contributed by atoms with van der Waals surface area (Å²) in [6.45, 7) is 13.9. The topological polar surface area (TPSA) is 444 Å². The van der Waals surface area contributed by atoms with Crippen molar-refractivity contribution in [2.45, 2.75) is 255 Å². The van der Waals surface area contributed by atoms with Gasteiger partial charge in [-0.3, -0.25) is 9.59 Å². The van der Waals surface area contributed by atoms with E-state index < -0.39 is 230 Å². The van der Waals surface area contributed by atoms with Crippen molar-refractivity contribution in [2.75, 3.05) is 26.4 Å². The molecule has 0 aromatic carbocycles. The van der Waals surface area contributed by atoms with Crippen molar-refractivity contribution in [3.8, 4) is 0 Å². The molecular weight excluding hydrogens is 1170 g/mol. The molecule has 28 heteroatoms. The second kappa shape index (κ2) is 25.7. The van der Waals surface area contributed by atoms with Gasteiger partial charge >= 0.3 is 17.9 Å². The largest absolute Gasteiger partial charge is 0.479 e. The van der Waals surface area contributed by atoms with E-state index in [-0.39, 0.29) is 31.1 Å². The lowest BCUT2D eigenvalue weighted by Crippen LogP contribution is -2.72.